The van der Waals surface area contributed by atoms with Crippen molar-refractivity contribution in [1.29, 1.82) is 0 Å². The molecule has 1 aromatic carbocycles. The number of benzene rings is 1. The molecule has 6 nitrogen and oxygen atoms in total. The van der Waals surface area contributed by atoms with E-state index in [4.69, 9.17) is 16.1 Å². The summed E-state index contributed by atoms with van der Waals surface area (Å²) >= 11 is 6.15. The number of hydrogen-bond acceptors (Lipinski definition) is 6. The molecule has 0 fully saturated rings. The molecule has 0 radical (unpaired) electrons. The van der Waals surface area contributed by atoms with Gasteiger partial charge in [0.15, 0.2) is 5.82 Å². The number of anilines is 3. The second-order valence-electron chi connectivity index (χ2n) is 5.11. The van der Waals surface area contributed by atoms with Gasteiger partial charge in [0.05, 0.1) is 0 Å². The highest BCUT2D eigenvalue weighted by molar-refractivity contribution is 6.31. The molecule has 118 valence electrons. The molecule has 0 bridgehead atoms. The quantitative estimate of drug-likeness (QED) is 0.734. The van der Waals surface area contributed by atoms with Gasteiger partial charge in [-0.25, -0.2) is 4.98 Å². The molecule has 0 unspecified atom stereocenters. The van der Waals surface area contributed by atoms with Crippen LogP contribution in [0.1, 0.15) is 17.0 Å². The van der Waals surface area contributed by atoms with E-state index >= 15 is 0 Å². The predicted octanol–water partition coefficient (Wildman–Crippen LogP) is 4.09. The zero-order chi connectivity index (χ0) is 16.2. The second kappa shape index (κ2) is 6.66. The summed E-state index contributed by atoms with van der Waals surface area (Å²) in [6.45, 7) is 4.28. The molecule has 0 saturated carbocycles. The smallest absolute Gasteiger partial charge is 0.225 e. The maximum absolute atomic E-state index is 6.15. The van der Waals surface area contributed by atoms with E-state index in [1.165, 1.54) is 0 Å². The summed E-state index contributed by atoms with van der Waals surface area (Å²) in [5.74, 6) is 2.51. The topological polar surface area (TPSA) is 75.9 Å². The van der Waals surface area contributed by atoms with Gasteiger partial charge in [0.25, 0.3) is 0 Å². The van der Waals surface area contributed by atoms with E-state index < -0.39 is 0 Å². The van der Waals surface area contributed by atoms with Crippen LogP contribution in [0.3, 0.4) is 0 Å². The lowest BCUT2D eigenvalue weighted by Crippen LogP contribution is -2.06. The molecule has 0 aliphatic carbocycles. The van der Waals surface area contributed by atoms with E-state index in [-0.39, 0.29) is 0 Å². The minimum atomic E-state index is 0.521. The molecule has 0 saturated heterocycles. The van der Waals surface area contributed by atoms with Crippen molar-refractivity contribution in [2.45, 2.75) is 20.4 Å². The van der Waals surface area contributed by atoms with Gasteiger partial charge in [-0.2, -0.15) is 4.98 Å². The summed E-state index contributed by atoms with van der Waals surface area (Å²) in [7, 11) is 0. The molecule has 2 N–H and O–H groups in total. The Morgan fingerprint density at radius 3 is 2.65 bits per heavy atom. The van der Waals surface area contributed by atoms with Crippen molar-refractivity contribution in [2.24, 2.45) is 0 Å². The van der Waals surface area contributed by atoms with Gasteiger partial charge in [0.2, 0.25) is 5.95 Å². The lowest BCUT2D eigenvalue weighted by Gasteiger charge is -2.09. The van der Waals surface area contributed by atoms with Gasteiger partial charge < -0.3 is 15.2 Å². The molecule has 3 aromatic rings. The first-order chi connectivity index (χ1) is 11.1. The van der Waals surface area contributed by atoms with Crippen molar-refractivity contribution in [3.8, 4) is 0 Å². The Morgan fingerprint density at radius 1 is 1.09 bits per heavy atom. The number of aromatic nitrogens is 3. The second-order valence-corrected chi connectivity index (χ2v) is 5.52. The number of hydrogen-bond donors (Lipinski definition) is 2. The standard InChI is InChI=1S/C16H16ClN5O/c1-10-7-14(20-15-8-11(2)23-22-15)21-16(19-10)18-9-12-5-3-4-6-13(12)17/h3-8H,9H2,1-2H3,(H2,18,19,20,21,22). The highest BCUT2D eigenvalue weighted by Gasteiger charge is 2.06. The van der Waals surface area contributed by atoms with Crippen molar-refractivity contribution in [1.82, 2.24) is 15.1 Å². The van der Waals surface area contributed by atoms with E-state index in [9.17, 15) is 0 Å². The van der Waals surface area contributed by atoms with Crippen LogP contribution in [0.25, 0.3) is 0 Å². The average molecular weight is 330 g/mol. The van der Waals surface area contributed by atoms with Crippen molar-refractivity contribution in [3.63, 3.8) is 0 Å². The van der Waals surface area contributed by atoms with Gasteiger partial charge in [-0.1, -0.05) is 35.0 Å². The van der Waals surface area contributed by atoms with Gasteiger partial charge in [0.1, 0.15) is 11.6 Å². The summed E-state index contributed by atoms with van der Waals surface area (Å²) in [4.78, 5) is 8.80. The Kier molecular flexibility index (Phi) is 4.43. The third-order valence-corrected chi connectivity index (χ3v) is 3.50. The fourth-order valence-electron chi connectivity index (χ4n) is 2.08. The van der Waals surface area contributed by atoms with Crippen molar-refractivity contribution in [3.05, 3.63) is 58.4 Å². The molecular weight excluding hydrogens is 314 g/mol. The Hall–Kier alpha value is -2.60. The highest BCUT2D eigenvalue weighted by Crippen LogP contribution is 2.18. The number of rotatable bonds is 5. The van der Waals surface area contributed by atoms with E-state index in [0.717, 1.165) is 17.0 Å². The molecule has 0 amide bonds. The average Bonchev–Trinajstić information content (AvgIpc) is 2.91. The molecule has 0 atom stereocenters. The highest BCUT2D eigenvalue weighted by atomic mass is 35.5. The maximum Gasteiger partial charge on any atom is 0.225 e. The normalized spacial score (nSPS) is 10.6. The van der Waals surface area contributed by atoms with Crippen LogP contribution < -0.4 is 10.6 Å². The first-order valence-electron chi connectivity index (χ1n) is 7.13. The van der Waals surface area contributed by atoms with Gasteiger partial charge in [-0.05, 0) is 25.5 Å². The molecule has 3 rings (SSSR count). The maximum atomic E-state index is 6.15. The Labute approximate surface area is 138 Å². The Bertz CT molecular complexity index is 818. The molecule has 0 spiro atoms. The zero-order valence-electron chi connectivity index (χ0n) is 12.8. The SMILES string of the molecule is Cc1cc(Nc2cc(C)on2)nc(NCc2ccccc2Cl)n1. The third-order valence-electron chi connectivity index (χ3n) is 3.13. The first-order valence-corrected chi connectivity index (χ1v) is 7.51. The summed E-state index contributed by atoms with van der Waals surface area (Å²) in [5.41, 5.74) is 1.82. The molecule has 2 aromatic heterocycles. The molecular formula is C16H16ClN5O. The van der Waals surface area contributed by atoms with Crippen molar-refractivity contribution < 1.29 is 4.52 Å². The van der Waals surface area contributed by atoms with Crippen LogP contribution in [0.5, 0.6) is 0 Å². The number of nitrogens with zero attached hydrogens (tertiary/aromatic N) is 3. The van der Waals surface area contributed by atoms with Crippen LogP contribution in [0, 0.1) is 13.8 Å². The lowest BCUT2D eigenvalue weighted by molar-refractivity contribution is 0.400. The molecule has 7 heteroatoms. The summed E-state index contributed by atoms with van der Waals surface area (Å²) < 4.78 is 5.03. The summed E-state index contributed by atoms with van der Waals surface area (Å²) in [6, 6.07) is 11.3. The van der Waals surface area contributed by atoms with Crippen LogP contribution in [0.4, 0.5) is 17.6 Å². The predicted molar refractivity (Wildman–Crippen MR) is 90.1 cm³/mol. The van der Waals surface area contributed by atoms with E-state index in [2.05, 4.69) is 25.8 Å². The first kappa shape index (κ1) is 15.3. The fourth-order valence-corrected chi connectivity index (χ4v) is 2.29. The number of nitrogens with one attached hydrogen (secondary N) is 2. The number of aryl methyl sites for hydroxylation is 2. The summed E-state index contributed by atoms with van der Waals surface area (Å²) in [5, 5.41) is 10.9. The van der Waals surface area contributed by atoms with Crippen LogP contribution >= 0.6 is 11.6 Å². The van der Waals surface area contributed by atoms with Gasteiger partial charge in [-0.15, -0.1) is 0 Å². The van der Waals surface area contributed by atoms with Crippen LogP contribution in [0.2, 0.25) is 5.02 Å². The lowest BCUT2D eigenvalue weighted by atomic mass is 10.2. The van der Waals surface area contributed by atoms with Crippen LogP contribution in [0.15, 0.2) is 40.9 Å². The minimum absolute atomic E-state index is 0.521. The van der Waals surface area contributed by atoms with Crippen LogP contribution in [-0.4, -0.2) is 15.1 Å². The van der Waals surface area contributed by atoms with E-state index in [1.54, 1.807) is 6.07 Å². The Balaban J connectivity index is 1.74. The monoisotopic (exact) mass is 329 g/mol. The fraction of sp³-hybridized carbons (Fsp3) is 0.188. The summed E-state index contributed by atoms with van der Waals surface area (Å²) in [6.07, 6.45) is 0. The molecule has 0 aliphatic rings. The molecule has 0 aliphatic heterocycles. The van der Waals surface area contributed by atoms with Crippen molar-refractivity contribution in [2.75, 3.05) is 10.6 Å². The van der Waals surface area contributed by atoms with Gasteiger partial charge in [-0.3, -0.25) is 0 Å². The third kappa shape index (κ3) is 3.98. The Morgan fingerprint density at radius 2 is 1.91 bits per heavy atom. The molecule has 2 heterocycles. The van der Waals surface area contributed by atoms with E-state index in [0.29, 0.717) is 29.2 Å². The largest absolute Gasteiger partial charge is 0.360 e. The van der Waals surface area contributed by atoms with Gasteiger partial charge in [0, 0.05) is 29.4 Å². The van der Waals surface area contributed by atoms with Crippen LogP contribution in [-0.2, 0) is 6.54 Å². The number of halogens is 1. The van der Waals surface area contributed by atoms with Gasteiger partial charge >= 0.3 is 0 Å². The zero-order valence-corrected chi connectivity index (χ0v) is 13.6. The molecule has 23 heavy (non-hydrogen) atoms. The van der Waals surface area contributed by atoms with Crippen molar-refractivity contribution >= 4 is 29.2 Å². The van der Waals surface area contributed by atoms with E-state index in [1.807, 2.05) is 44.2 Å². The minimum Gasteiger partial charge on any atom is -0.360 e.